The molecule has 106 valence electrons. The Morgan fingerprint density at radius 3 is 2.40 bits per heavy atom. The lowest BCUT2D eigenvalue weighted by Gasteiger charge is -2.06. The lowest BCUT2D eigenvalue weighted by atomic mass is 10.2. The van der Waals surface area contributed by atoms with Gasteiger partial charge in [-0.1, -0.05) is 12.1 Å². The molecule has 2 rings (SSSR count). The second-order valence-corrected chi connectivity index (χ2v) is 6.17. The Kier molecular flexibility index (Phi) is 3.63. The third kappa shape index (κ3) is 2.88. The van der Waals surface area contributed by atoms with Crippen LogP contribution in [0, 0.1) is 12.7 Å². The van der Waals surface area contributed by atoms with E-state index in [0.29, 0.717) is 5.56 Å². The molecular weight excluding hydrogens is 287 g/mol. The molecule has 0 unspecified atom stereocenters. The quantitative estimate of drug-likeness (QED) is 0.933. The molecule has 2 aromatic rings. The highest BCUT2D eigenvalue weighted by Gasteiger charge is 2.25. The molecule has 0 fully saturated rings. The number of rotatable bonds is 3. The van der Waals surface area contributed by atoms with E-state index >= 15 is 0 Å². The zero-order valence-electron chi connectivity index (χ0n) is 10.5. The fourth-order valence-electron chi connectivity index (χ4n) is 1.74. The number of benzene rings is 1. The first kappa shape index (κ1) is 14.3. The normalized spacial score (nSPS) is 11.5. The lowest BCUT2D eigenvalue weighted by molar-refractivity contribution is 0.407. The molecule has 1 heterocycles. The van der Waals surface area contributed by atoms with Crippen molar-refractivity contribution in [2.45, 2.75) is 17.6 Å². The van der Waals surface area contributed by atoms with Crippen molar-refractivity contribution >= 4 is 9.84 Å². The molecule has 0 bridgehead atoms. The van der Waals surface area contributed by atoms with Crippen molar-refractivity contribution in [3.63, 3.8) is 0 Å². The SMILES string of the molecule is Cc1cc(O)c(S(=O)(=O)Cc2ccc(F)cc2)c(=O)o1. The Morgan fingerprint density at radius 2 is 1.85 bits per heavy atom. The first-order valence-electron chi connectivity index (χ1n) is 5.60. The van der Waals surface area contributed by atoms with Crippen molar-refractivity contribution in [3.05, 3.63) is 57.9 Å². The van der Waals surface area contributed by atoms with Gasteiger partial charge in [-0.3, -0.25) is 0 Å². The van der Waals surface area contributed by atoms with Crippen LogP contribution in [0.4, 0.5) is 4.39 Å². The highest BCUT2D eigenvalue weighted by molar-refractivity contribution is 7.90. The van der Waals surface area contributed by atoms with Gasteiger partial charge in [0.05, 0.1) is 5.75 Å². The monoisotopic (exact) mass is 298 g/mol. The highest BCUT2D eigenvalue weighted by atomic mass is 32.2. The molecule has 0 aliphatic carbocycles. The van der Waals surface area contributed by atoms with Crippen molar-refractivity contribution < 1.29 is 22.3 Å². The minimum Gasteiger partial charge on any atom is -0.506 e. The van der Waals surface area contributed by atoms with Crippen molar-refractivity contribution in [1.82, 2.24) is 0 Å². The number of aryl methyl sites for hydroxylation is 1. The molecule has 0 saturated heterocycles. The molecule has 0 spiro atoms. The third-order valence-electron chi connectivity index (χ3n) is 2.59. The molecule has 1 N–H and O–H groups in total. The zero-order valence-corrected chi connectivity index (χ0v) is 11.3. The summed E-state index contributed by atoms with van der Waals surface area (Å²) in [4.78, 5) is 10.8. The van der Waals surface area contributed by atoms with Crippen LogP contribution in [0.2, 0.25) is 0 Å². The standard InChI is InChI=1S/C13H11FO5S/c1-8-6-11(15)12(13(16)19-8)20(17,18)7-9-2-4-10(14)5-3-9/h2-6,15H,7H2,1H3. The van der Waals surface area contributed by atoms with Gasteiger partial charge in [0.25, 0.3) is 0 Å². The third-order valence-corrected chi connectivity index (χ3v) is 4.30. The summed E-state index contributed by atoms with van der Waals surface area (Å²) in [5.74, 6) is -1.58. The van der Waals surface area contributed by atoms with Crippen LogP contribution in [-0.2, 0) is 15.6 Å². The number of aromatic hydroxyl groups is 1. The highest BCUT2D eigenvalue weighted by Crippen LogP contribution is 2.23. The summed E-state index contributed by atoms with van der Waals surface area (Å²) < 4.78 is 41.7. The van der Waals surface area contributed by atoms with Gasteiger partial charge < -0.3 is 9.52 Å². The molecular formula is C13H11FO5S. The predicted octanol–water partition coefficient (Wildman–Crippen LogP) is 1.77. The molecule has 0 aliphatic rings. The molecule has 5 nitrogen and oxygen atoms in total. The van der Waals surface area contributed by atoms with Gasteiger partial charge in [-0.05, 0) is 24.6 Å². The molecule has 0 aliphatic heterocycles. The van der Waals surface area contributed by atoms with Crippen molar-refractivity contribution in [2.24, 2.45) is 0 Å². The molecule has 1 aromatic carbocycles. The summed E-state index contributed by atoms with van der Waals surface area (Å²) >= 11 is 0. The maximum atomic E-state index is 12.8. The van der Waals surface area contributed by atoms with Gasteiger partial charge in [-0.2, -0.15) is 0 Å². The smallest absolute Gasteiger partial charge is 0.358 e. The Morgan fingerprint density at radius 1 is 1.25 bits per heavy atom. The number of hydrogen-bond acceptors (Lipinski definition) is 5. The van der Waals surface area contributed by atoms with Crippen LogP contribution in [0.25, 0.3) is 0 Å². The lowest BCUT2D eigenvalue weighted by Crippen LogP contribution is -2.16. The van der Waals surface area contributed by atoms with Gasteiger partial charge in [0, 0.05) is 6.07 Å². The van der Waals surface area contributed by atoms with Gasteiger partial charge in [-0.25, -0.2) is 17.6 Å². The van der Waals surface area contributed by atoms with E-state index in [-0.39, 0.29) is 5.76 Å². The first-order valence-corrected chi connectivity index (χ1v) is 7.26. The maximum absolute atomic E-state index is 12.8. The predicted molar refractivity (Wildman–Crippen MR) is 68.7 cm³/mol. The molecule has 0 atom stereocenters. The molecule has 7 heteroatoms. The second-order valence-electron chi connectivity index (χ2n) is 4.24. The van der Waals surface area contributed by atoms with Crippen LogP contribution in [0.3, 0.4) is 0 Å². The van der Waals surface area contributed by atoms with Gasteiger partial charge in [0.2, 0.25) is 0 Å². The van der Waals surface area contributed by atoms with Crippen LogP contribution in [0.1, 0.15) is 11.3 Å². The Bertz CT molecular complexity index is 791. The fourth-order valence-corrected chi connectivity index (χ4v) is 3.19. The maximum Gasteiger partial charge on any atom is 0.358 e. The molecule has 0 radical (unpaired) electrons. The van der Waals surface area contributed by atoms with Crippen LogP contribution in [0.15, 0.2) is 44.4 Å². The molecule has 0 amide bonds. The molecule has 20 heavy (non-hydrogen) atoms. The molecule has 1 aromatic heterocycles. The van der Waals surface area contributed by atoms with Gasteiger partial charge in [-0.15, -0.1) is 0 Å². The van der Waals surface area contributed by atoms with E-state index in [1.807, 2.05) is 0 Å². The number of halogens is 1. The Balaban J connectivity index is 2.46. The average molecular weight is 298 g/mol. The Hall–Kier alpha value is -2.15. The van der Waals surface area contributed by atoms with Crippen molar-refractivity contribution in [1.29, 1.82) is 0 Å². The van der Waals surface area contributed by atoms with Crippen LogP contribution in [0.5, 0.6) is 5.75 Å². The van der Waals surface area contributed by atoms with E-state index in [1.165, 1.54) is 19.1 Å². The topological polar surface area (TPSA) is 84.6 Å². The summed E-state index contributed by atoms with van der Waals surface area (Å²) in [5.41, 5.74) is -0.824. The van der Waals surface area contributed by atoms with Crippen LogP contribution in [-0.4, -0.2) is 13.5 Å². The van der Waals surface area contributed by atoms with E-state index in [9.17, 15) is 22.7 Å². The summed E-state index contributed by atoms with van der Waals surface area (Å²) in [6.45, 7) is 1.41. The van der Waals surface area contributed by atoms with Crippen LogP contribution >= 0.6 is 0 Å². The van der Waals surface area contributed by atoms with E-state index in [2.05, 4.69) is 4.42 Å². The number of sulfone groups is 1. The molecule has 0 saturated carbocycles. The van der Waals surface area contributed by atoms with Crippen molar-refractivity contribution in [2.75, 3.05) is 0 Å². The number of hydrogen-bond donors (Lipinski definition) is 1. The average Bonchev–Trinajstić information content (AvgIpc) is 2.30. The summed E-state index contributed by atoms with van der Waals surface area (Å²) in [6.07, 6.45) is 0. The fraction of sp³-hybridized carbons (Fsp3) is 0.154. The summed E-state index contributed by atoms with van der Waals surface area (Å²) in [6, 6.07) is 5.86. The second kappa shape index (κ2) is 5.09. The van der Waals surface area contributed by atoms with E-state index in [1.54, 1.807) is 0 Å². The van der Waals surface area contributed by atoms with Crippen LogP contribution < -0.4 is 5.63 Å². The largest absolute Gasteiger partial charge is 0.506 e. The minimum atomic E-state index is -4.08. The van der Waals surface area contributed by atoms with Gasteiger partial charge >= 0.3 is 5.63 Å². The first-order chi connectivity index (χ1) is 9.29. The van der Waals surface area contributed by atoms with E-state index < -0.39 is 37.7 Å². The van der Waals surface area contributed by atoms with E-state index in [0.717, 1.165) is 18.2 Å². The summed E-state index contributed by atoms with van der Waals surface area (Å²) in [5, 5.41) is 9.63. The van der Waals surface area contributed by atoms with Gasteiger partial charge in [0.15, 0.2) is 14.7 Å². The van der Waals surface area contributed by atoms with Crippen molar-refractivity contribution in [3.8, 4) is 5.75 Å². The van der Waals surface area contributed by atoms with E-state index in [4.69, 9.17) is 0 Å². The minimum absolute atomic E-state index is 0.105. The summed E-state index contributed by atoms with van der Waals surface area (Å²) in [7, 11) is -4.08. The Labute approximate surface area is 114 Å². The van der Waals surface area contributed by atoms with Gasteiger partial charge in [0.1, 0.15) is 17.3 Å². The zero-order chi connectivity index (χ0) is 14.9.